The van der Waals surface area contributed by atoms with Gasteiger partial charge < -0.3 is 4.90 Å². The number of hydrogen-bond acceptors (Lipinski definition) is 4. The van der Waals surface area contributed by atoms with Crippen LogP contribution in [0.3, 0.4) is 0 Å². The Morgan fingerprint density at radius 3 is 2.47 bits per heavy atom. The number of carbonyl (C=O) groups excluding carboxylic acids is 1. The Morgan fingerprint density at radius 2 is 1.78 bits per heavy atom. The minimum absolute atomic E-state index is 0.0226. The largest absolute Gasteiger partial charge is 0.417 e. The second-order valence-corrected chi connectivity index (χ2v) is 8.80. The number of hydrogen-bond donors (Lipinski definition) is 0. The van der Waals surface area contributed by atoms with Crippen LogP contribution in [0.25, 0.3) is 5.65 Å². The summed E-state index contributed by atoms with van der Waals surface area (Å²) in [4.78, 5) is 15.0. The molecule has 0 spiro atoms. The van der Waals surface area contributed by atoms with Gasteiger partial charge in [-0.2, -0.15) is 13.2 Å². The number of pyridine rings is 1. The molecule has 0 radical (unpaired) electrons. The third kappa shape index (κ3) is 5.23. The standard InChI is InChI=1S/C22H22F4N4OS/c23-17-9-6-15(7-10-17)12-29(18-4-2-1-3-5-18)20(31)14-32-21-28-27-19-11-8-16(13-30(19)21)22(24,25)26/h6-11,13,18H,1-5,12,14H2. The molecule has 1 aromatic carbocycles. The van der Waals surface area contributed by atoms with Crippen LogP contribution in [0.2, 0.25) is 0 Å². The van der Waals surface area contributed by atoms with E-state index in [0.717, 1.165) is 61.7 Å². The molecule has 32 heavy (non-hydrogen) atoms. The molecule has 1 aliphatic carbocycles. The molecule has 2 aromatic heterocycles. The third-order valence-electron chi connectivity index (χ3n) is 5.63. The average molecular weight is 467 g/mol. The van der Waals surface area contributed by atoms with Crippen LogP contribution in [0.15, 0.2) is 47.8 Å². The Bertz CT molecular complexity index is 1080. The van der Waals surface area contributed by atoms with E-state index in [-0.39, 0.29) is 34.3 Å². The molecule has 2 heterocycles. The van der Waals surface area contributed by atoms with Gasteiger partial charge in [-0.3, -0.25) is 9.20 Å². The zero-order valence-corrected chi connectivity index (χ0v) is 18.0. The SMILES string of the molecule is O=C(CSc1nnc2ccc(C(F)(F)F)cn12)N(Cc1ccc(F)cc1)C1CCCCC1. The lowest BCUT2D eigenvalue weighted by Gasteiger charge is -2.34. The number of halogens is 4. The van der Waals surface area contributed by atoms with E-state index in [0.29, 0.717) is 6.54 Å². The number of aromatic nitrogens is 3. The number of amides is 1. The van der Waals surface area contributed by atoms with Gasteiger partial charge in [-0.05, 0) is 42.7 Å². The summed E-state index contributed by atoms with van der Waals surface area (Å²) in [5, 5.41) is 8.07. The van der Waals surface area contributed by atoms with Gasteiger partial charge in [0.25, 0.3) is 0 Å². The van der Waals surface area contributed by atoms with Crippen molar-refractivity contribution >= 4 is 23.3 Å². The van der Waals surface area contributed by atoms with Gasteiger partial charge in [0.15, 0.2) is 10.8 Å². The van der Waals surface area contributed by atoms with E-state index in [9.17, 15) is 22.4 Å². The van der Waals surface area contributed by atoms with Crippen molar-refractivity contribution in [3.63, 3.8) is 0 Å². The van der Waals surface area contributed by atoms with Crippen molar-refractivity contribution in [3.05, 3.63) is 59.5 Å². The fourth-order valence-corrected chi connectivity index (χ4v) is 4.75. The van der Waals surface area contributed by atoms with Gasteiger partial charge in [-0.15, -0.1) is 10.2 Å². The molecule has 1 saturated carbocycles. The maximum Gasteiger partial charge on any atom is 0.417 e. The monoisotopic (exact) mass is 466 g/mol. The molecule has 170 valence electrons. The number of alkyl halides is 3. The lowest BCUT2D eigenvalue weighted by atomic mass is 9.94. The van der Waals surface area contributed by atoms with E-state index in [2.05, 4.69) is 10.2 Å². The summed E-state index contributed by atoms with van der Waals surface area (Å²) in [6.07, 6.45) is 1.49. The van der Waals surface area contributed by atoms with Gasteiger partial charge in [0.05, 0.1) is 11.3 Å². The Morgan fingerprint density at radius 1 is 1.06 bits per heavy atom. The average Bonchev–Trinajstić information content (AvgIpc) is 3.19. The Labute approximate surface area is 186 Å². The minimum Gasteiger partial charge on any atom is -0.335 e. The van der Waals surface area contributed by atoms with E-state index >= 15 is 0 Å². The summed E-state index contributed by atoms with van der Waals surface area (Å²) in [7, 11) is 0. The lowest BCUT2D eigenvalue weighted by molar-refractivity contribution is -0.138. The second kappa shape index (κ2) is 9.48. The first-order valence-electron chi connectivity index (χ1n) is 10.4. The topological polar surface area (TPSA) is 50.5 Å². The maximum atomic E-state index is 13.3. The molecule has 0 atom stereocenters. The number of rotatable bonds is 6. The summed E-state index contributed by atoms with van der Waals surface area (Å²) in [6.45, 7) is 0.364. The second-order valence-electron chi connectivity index (χ2n) is 7.85. The molecule has 1 amide bonds. The fourth-order valence-electron chi connectivity index (χ4n) is 3.95. The molecular weight excluding hydrogens is 444 g/mol. The first kappa shape index (κ1) is 22.6. The van der Waals surface area contributed by atoms with Crippen LogP contribution >= 0.6 is 11.8 Å². The maximum absolute atomic E-state index is 13.3. The molecule has 1 fully saturated rings. The van der Waals surface area contributed by atoms with Crippen molar-refractivity contribution in [2.75, 3.05) is 5.75 Å². The third-order valence-corrected chi connectivity index (χ3v) is 6.55. The van der Waals surface area contributed by atoms with Crippen molar-refractivity contribution in [1.82, 2.24) is 19.5 Å². The highest BCUT2D eigenvalue weighted by Crippen LogP contribution is 2.30. The van der Waals surface area contributed by atoms with Crippen molar-refractivity contribution < 1.29 is 22.4 Å². The lowest BCUT2D eigenvalue weighted by Crippen LogP contribution is -2.42. The van der Waals surface area contributed by atoms with E-state index in [1.807, 2.05) is 4.90 Å². The van der Waals surface area contributed by atoms with Gasteiger partial charge >= 0.3 is 6.18 Å². The quantitative estimate of drug-likeness (QED) is 0.364. The number of carbonyl (C=O) groups is 1. The van der Waals surface area contributed by atoms with Crippen LogP contribution in [-0.2, 0) is 17.5 Å². The van der Waals surface area contributed by atoms with Crippen LogP contribution in [0, 0.1) is 5.82 Å². The van der Waals surface area contributed by atoms with E-state index in [1.165, 1.54) is 22.6 Å². The van der Waals surface area contributed by atoms with Crippen molar-refractivity contribution in [3.8, 4) is 0 Å². The number of fused-ring (bicyclic) bond motifs is 1. The minimum atomic E-state index is -4.48. The molecule has 1 aliphatic rings. The van der Waals surface area contributed by atoms with E-state index < -0.39 is 11.7 Å². The van der Waals surface area contributed by atoms with E-state index in [4.69, 9.17) is 0 Å². The Kier molecular flexibility index (Phi) is 6.68. The van der Waals surface area contributed by atoms with Gasteiger partial charge in [-0.25, -0.2) is 4.39 Å². The summed E-state index contributed by atoms with van der Waals surface area (Å²) < 4.78 is 53.7. The first-order chi connectivity index (χ1) is 15.3. The van der Waals surface area contributed by atoms with Crippen LogP contribution < -0.4 is 0 Å². The highest BCUT2D eigenvalue weighted by Gasteiger charge is 2.31. The normalized spacial score (nSPS) is 15.2. The van der Waals surface area contributed by atoms with Crippen LogP contribution in [0.1, 0.15) is 43.2 Å². The molecule has 0 bridgehead atoms. The number of nitrogens with zero attached hydrogens (tertiary/aromatic N) is 4. The summed E-state index contributed by atoms with van der Waals surface area (Å²) in [5.74, 6) is -0.443. The molecular formula is C22H22F4N4OS. The first-order valence-corrected chi connectivity index (χ1v) is 11.4. The van der Waals surface area contributed by atoms with E-state index in [1.54, 1.807) is 12.1 Å². The molecule has 10 heteroatoms. The predicted octanol–water partition coefficient (Wildman–Crippen LogP) is 5.34. The highest BCUT2D eigenvalue weighted by atomic mass is 32.2. The van der Waals surface area contributed by atoms with Crippen molar-refractivity contribution in [2.24, 2.45) is 0 Å². The van der Waals surface area contributed by atoms with Gasteiger partial charge in [0, 0.05) is 18.8 Å². The smallest absolute Gasteiger partial charge is 0.335 e. The molecule has 0 aliphatic heterocycles. The molecule has 4 rings (SSSR count). The molecule has 0 N–H and O–H groups in total. The van der Waals surface area contributed by atoms with Crippen LogP contribution in [-0.4, -0.2) is 37.2 Å². The zero-order chi connectivity index (χ0) is 22.7. The Hall–Kier alpha value is -2.62. The highest BCUT2D eigenvalue weighted by molar-refractivity contribution is 7.99. The number of thioether (sulfide) groups is 1. The predicted molar refractivity (Wildman–Crippen MR) is 113 cm³/mol. The summed E-state index contributed by atoms with van der Waals surface area (Å²) >= 11 is 1.06. The summed E-state index contributed by atoms with van der Waals surface area (Å²) in [5.41, 5.74) is 0.305. The van der Waals surface area contributed by atoms with Crippen molar-refractivity contribution in [2.45, 2.75) is 56.0 Å². The molecule has 0 unspecified atom stereocenters. The van der Waals surface area contributed by atoms with Gasteiger partial charge in [0.2, 0.25) is 5.91 Å². The Balaban J connectivity index is 1.51. The van der Waals surface area contributed by atoms with Crippen LogP contribution in [0.4, 0.5) is 17.6 Å². The fraction of sp³-hybridized carbons (Fsp3) is 0.409. The molecule has 5 nitrogen and oxygen atoms in total. The van der Waals surface area contributed by atoms with Crippen molar-refractivity contribution in [1.29, 1.82) is 0 Å². The van der Waals surface area contributed by atoms with Gasteiger partial charge in [-0.1, -0.05) is 43.2 Å². The molecule has 3 aromatic rings. The molecule has 0 saturated heterocycles. The number of benzene rings is 1. The van der Waals surface area contributed by atoms with Crippen LogP contribution in [0.5, 0.6) is 0 Å². The summed E-state index contributed by atoms with van der Waals surface area (Å²) in [6, 6.07) is 8.37. The van der Waals surface area contributed by atoms with Gasteiger partial charge in [0.1, 0.15) is 5.82 Å². The zero-order valence-electron chi connectivity index (χ0n) is 17.2.